The van der Waals surface area contributed by atoms with Crippen LogP contribution in [0.3, 0.4) is 0 Å². The minimum absolute atomic E-state index is 0.0171. The van der Waals surface area contributed by atoms with E-state index in [9.17, 15) is 8.78 Å². The van der Waals surface area contributed by atoms with Gasteiger partial charge in [-0.3, -0.25) is 9.47 Å². The molecule has 0 atom stereocenters. The molecule has 1 aromatic rings. The first-order valence-electron chi connectivity index (χ1n) is 4.82. The molecule has 0 aliphatic rings. The maximum Gasteiger partial charge on any atom is 0.319 e. The molecule has 1 rings (SSSR count). The summed E-state index contributed by atoms with van der Waals surface area (Å²) in [7, 11) is 0. The first kappa shape index (κ1) is 12.1. The first-order chi connectivity index (χ1) is 7.19. The molecule has 0 bridgehead atoms. The Bertz CT molecular complexity index is 291. The maximum absolute atomic E-state index is 12.5. The predicted octanol–water partition coefficient (Wildman–Crippen LogP) is 1.09. The van der Waals surface area contributed by atoms with Crippen LogP contribution in [-0.2, 0) is 6.54 Å². The van der Waals surface area contributed by atoms with Gasteiger partial charge in [-0.15, -0.1) is 0 Å². The Morgan fingerprint density at radius 2 is 2.33 bits per heavy atom. The minimum atomic E-state index is -2.56. The molecule has 4 nitrogen and oxygen atoms in total. The highest BCUT2D eigenvalue weighted by atomic mass is 19.3. The van der Waals surface area contributed by atoms with Gasteiger partial charge in [0.05, 0.1) is 13.2 Å². The SMILES string of the molecule is CCN(CCO)Cc1nccn1C(F)F. The van der Waals surface area contributed by atoms with E-state index in [1.807, 2.05) is 11.8 Å². The fourth-order valence-corrected chi connectivity index (χ4v) is 1.33. The summed E-state index contributed by atoms with van der Waals surface area (Å²) < 4.78 is 25.7. The van der Waals surface area contributed by atoms with Crippen molar-refractivity contribution < 1.29 is 13.9 Å². The van der Waals surface area contributed by atoms with E-state index in [1.54, 1.807) is 0 Å². The average Bonchev–Trinajstić information content (AvgIpc) is 2.65. The Morgan fingerprint density at radius 3 is 2.87 bits per heavy atom. The van der Waals surface area contributed by atoms with Gasteiger partial charge in [-0.05, 0) is 6.54 Å². The fourth-order valence-electron chi connectivity index (χ4n) is 1.33. The largest absolute Gasteiger partial charge is 0.395 e. The van der Waals surface area contributed by atoms with Crippen LogP contribution < -0.4 is 0 Å². The molecule has 0 saturated heterocycles. The summed E-state index contributed by atoms with van der Waals surface area (Å²) in [4.78, 5) is 5.72. The van der Waals surface area contributed by atoms with Gasteiger partial charge in [-0.2, -0.15) is 8.78 Å². The highest BCUT2D eigenvalue weighted by Crippen LogP contribution is 2.13. The molecular formula is C9H15F2N3O. The van der Waals surface area contributed by atoms with E-state index in [0.29, 0.717) is 25.5 Å². The second kappa shape index (κ2) is 5.77. The van der Waals surface area contributed by atoms with Crippen molar-refractivity contribution >= 4 is 0 Å². The van der Waals surface area contributed by atoms with Crippen LogP contribution in [0.1, 0.15) is 19.3 Å². The van der Waals surface area contributed by atoms with Gasteiger partial charge < -0.3 is 5.11 Å². The summed E-state index contributed by atoms with van der Waals surface area (Å²) >= 11 is 0. The van der Waals surface area contributed by atoms with E-state index in [4.69, 9.17) is 5.11 Å². The van der Waals surface area contributed by atoms with Crippen LogP contribution in [0.15, 0.2) is 12.4 Å². The van der Waals surface area contributed by atoms with Crippen LogP contribution in [0.25, 0.3) is 0 Å². The molecule has 0 aliphatic carbocycles. The Balaban J connectivity index is 2.65. The molecule has 6 heteroatoms. The number of likely N-dealkylation sites (N-methyl/N-ethyl adjacent to an activating group) is 1. The van der Waals surface area contributed by atoms with Crippen molar-refractivity contribution in [1.29, 1.82) is 0 Å². The molecule has 86 valence electrons. The molecule has 1 N–H and O–H groups in total. The van der Waals surface area contributed by atoms with Crippen molar-refractivity contribution in [2.45, 2.75) is 20.0 Å². The summed E-state index contributed by atoms with van der Waals surface area (Å²) in [6, 6.07) is 0. The third-order valence-corrected chi connectivity index (χ3v) is 2.19. The molecule has 0 saturated carbocycles. The van der Waals surface area contributed by atoms with Crippen LogP contribution in [0.2, 0.25) is 0 Å². The summed E-state index contributed by atoms with van der Waals surface area (Å²) in [5.74, 6) is 0.320. The topological polar surface area (TPSA) is 41.3 Å². The van der Waals surface area contributed by atoms with Crippen LogP contribution in [0.5, 0.6) is 0 Å². The molecule has 0 amide bonds. The number of aliphatic hydroxyl groups excluding tert-OH is 1. The number of rotatable bonds is 6. The summed E-state index contributed by atoms with van der Waals surface area (Å²) in [6.07, 6.45) is 2.61. The lowest BCUT2D eigenvalue weighted by atomic mass is 10.4. The van der Waals surface area contributed by atoms with Gasteiger partial charge in [0.1, 0.15) is 5.82 Å². The van der Waals surface area contributed by atoms with E-state index in [0.717, 1.165) is 4.57 Å². The van der Waals surface area contributed by atoms with E-state index < -0.39 is 6.55 Å². The van der Waals surface area contributed by atoms with Crippen molar-refractivity contribution in [3.63, 3.8) is 0 Å². The van der Waals surface area contributed by atoms with Crippen LogP contribution in [-0.4, -0.2) is 39.3 Å². The molecular weight excluding hydrogens is 204 g/mol. The Hall–Kier alpha value is -1.01. The molecule has 1 heterocycles. The van der Waals surface area contributed by atoms with E-state index in [-0.39, 0.29) is 6.61 Å². The number of aromatic nitrogens is 2. The number of imidazole rings is 1. The maximum atomic E-state index is 12.5. The summed E-state index contributed by atoms with van der Waals surface area (Å²) in [5, 5.41) is 8.76. The van der Waals surface area contributed by atoms with Gasteiger partial charge in [0.15, 0.2) is 0 Å². The third-order valence-electron chi connectivity index (χ3n) is 2.19. The van der Waals surface area contributed by atoms with E-state index in [1.165, 1.54) is 12.4 Å². The van der Waals surface area contributed by atoms with E-state index >= 15 is 0 Å². The predicted molar refractivity (Wildman–Crippen MR) is 51.5 cm³/mol. The lowest BCUT2D eigenvalue weighted by Crippen LogP contribution is -2.27. The molecule has 15 heavy (non-hydrogen) atoms. The zero-order valence-corrected chi connectivity index (χ0v) is 8.61. The normalized spacial score (nSPS) is 11.6. The first-order valence-corrected chi connectivity index (χ1v) is 4.82. The molecule has 0 aromatic carbocycles. The Labute approximate surface area is 87.1 Å². The third kappa shape index (κ3) is 3.24. The van der Waals surface area contributed by atoms with Crippen molar-refractivity contribution in [3.05, 3.63) is 18.2 Å². The second-order valence-corrected chi connectivity index (χ2v) is 3.12. The Kier molecular flexibility index (Phi) is 4.64. The van der Waals surface area contributed by atoms with Gasteiger partial charge >= 0.3 is 6.55 Å². The standard InChI is InChI=1S/C9H15F2N3O/c1-2-13(5-6-15)7-8-12-3-4-14(8)9(10)11/h3-4,9,15H,2,5-7H2,1H3. The molecule has 0 radical (unpaired) electrons. The number of hydrogen-bond donors (Lipinski definition) is 1. The smallest absolute Gasteiger partial charge is 0.319 e. The quantitative estimate of drug-likeness (QED) is 0.778. The van der Waals surface area contributed by atoms with Crippen molar-refractivity contribution in [2.75, 3.05) is 19.7 Å². The monoisotopic (exact) mass is 219 g/mol. The van der Waals surface area contributed by atoms with Crippen molar-refractivity contribution in [2.24, 2.45) is 0 Å². The van der Waals surface area contributed by atoms with Crippen LogP contribution in [0.4, 0.5) is 8.78 Å². The second-order valence-electron chi connectivity index (χ2n) is 3.12. The summed E-state index contributed by atoms with van der Waals surface area (Å²) in [5.41, 5.74) is 0. The molecule has 1 aromatic heterocycles. The molecule has 0 aliphatic heterocycles. The highest BCUT2D eigenvalue weighted by Gasteiger charge is 2.13. The van der Waals surface area contributed by atoms with Gasteiger partial charge in [0.25, 0.3) is 0 Å². The molecule has 0 unspecified atom stereocenters. The van der Waals surface area contributed by atoms with Gasteiger partial charge in [0.2, 0.25) is 0 Å². The van der Waals surface area contributed by atoms with Gasteiger partial charge in [-0.25, -0.2) is 4.98 Å². The highest BCUT2D eigenvalue weighted by molar-refractivity contribution is 4.92. The number of nitrogens with zero attached hydrogens (tertiary/aromatic N) is 3. The Morgan fingerprint density at radius 1 is 1.60 bits per heavy atom. The van der Waals surface area contributed by atoms with Crippen LogP contribution in [0, 0.1) is 0 Å². The zero-order valence-electron chi connectivity index (χ0n) is 8.61. The number of halogens is 2. The fraction of sp³-hybridized carbons (Fsp3) is 0.667. The van der Waals surface area contributed by atoms with E-state index in [2.05, 4.69) is 4.98 Å². The summed E-state index contributed by atoms with van der Waals surface area (Å²) in [6.45, 7) is 0.849. The van der Waals surface area contributed by atoms with Gasteiger partial charge in [0, 0.05) is 18.9 Å². The number of hydrogen-bond acceptors (Lipinski definition) is 3. The number of aliphatic hydroxyl groups is 1. The van der Waals surface area contributed by atoms with Gasteiger partial charge in [-0.1, -0.05) is 6.92 Å². The average molecular weight is 219 g/mol. The van der Waals surface area contributed by atoms with Crippen molar-refractivity contribution in [3.8, 4) is 0 Å². The van der Waals surface area contributed by atoms with Crippen molar-refractivity contribution in [1.82, 2.24) is 14.5 Å². The minimum Gasteiger partial charge on any atom is -0.395 e. The zero-order chi connectivity index (χ0) is 11.3. The lowest BCUT2D eigenvalue weighted by Gasteiger charge is -2.19. The van der Waals surface area contributed by atoms with Crippen LogP contribution >= 0.6 is 0 Å². The molecule has 0 spiro atoms. The lowest BCUT2D eigenvalue weighted by molar-refractivity contribution is 0.0634. The molecule has 0 fully saturated rings. The number of alkyl halides is 2.